The first-order chi connectivity index (χ1) is 7.54. The van der Waals surface area contributed by atoms with E-state index in [1.807, 2.05) is 33.9 Å². The highest BCUT2D eigenvalue weighted by molar-refractivity contribution is 5.81. The normalized spacial score (nSPS) is 10.8. The monoisotopic (exact) mass is 218 g/mol. The third-order valence-corrected chi connectivity index (χ3v) is 2.57. The lowest BCUT2D eigenvalue weighted by atomic mass is 10.2. The molecule has 2 heterocycles. The summed E-state index contributed by atoms with van der Waals surface area (Å²) in [7, 11) is 1.81. The van der Waals surface area contributed by atoms with Gasteiger partial charge in [0.1, 0.15) is 0 Å². The van der Waals surface area contributed by atoms with Gasteiger partial charge in [0.15, 0.2) is 12.1 Å². The molecule has 0 radical (unpaired) electrons. The highest BCUT2D eigenvalue weighted by Crippen LogP contribution is 2.17. The first-order valence-corrected chi connectivity index (χ1v) is 5.07. The molecule has 0 aliphatic heterocycles. The first kappa shape index (κ1) is 10.6. The summed E-state index contributed by atoms with van der Waals surface area (Å²) < 4.78 is 3.43. The minimum atomic E-state index is 0.591. The molecule has 0 saturated heterocycles. The molecular formula is C11H14N4O. The number of carbonyl (C=O) groups is 1. The van der Waals surface area contributed by atoms with Gasteiger partial charge in [-0.25, -0.2) is 4.68 Å². The van der Waals surface area contributed by atoms with Gasteiger partial charge in [-0.2, -0.15) is 10.2 Å². The van der Waals surface area contributed by atoms with Crippen molar-refractivity contribution in [2.45, 2.75) is 20.8 Å². The zero-order chi connectivity index (χ0) is 11.9. The van der Waals surface area contributed by atoms with Crippen molar-refractivity contribution in [1.29, 1.82) is 0 Å². The average Bonchev–Trinajstić information content (AvgIpc) is 2.66. The smallest absolute Gasteiger partial charge is 0.162 e. The van der Waals surface area contributed by atoms with E-state index in [0.717, 1.165) is 29.2 Å². The van der Waals surface area contributed by atoms with Crippen molar-refractivity contribution in [3.8, 4) is 5.82 Å². The molecule has 5 heteroatoms. The van der Waals surface area contributed by atoms with E-state index in [0.29, 0.717) is 5.56 Å². The SMILES string of the molecule is Cc1cc(C)n(-c2c(C=O)c(C)nn2C)n1. The fraction of sp³-hybridized carbons (Fsp3) is 0.364. The van der Waals surface area contributed by atoms with E-state index in [4.69, 9.17) is 0 Å². The highest BCUT2D eigenvalue weighted by Gasteiger charge is 2.16. The molecule has 0 spiro atoms. The second-order valence-electron chi connectivity index (χ2n) is 3.90. The van der Waals surface area contributed by atoms with Crippen LogP contribution in [0.4, 0.5) is 0 Å². The van der Waals surface area contributed by atoms with Crippen LogP contribution in [0.2, 0.25) is 0 Å². The number of nitrogens with zero attached hydrogens (tertiary/aromatic N) is 4. The standard InChI is InChI=1S/C11H14N4O/c1-7-5-8(2)15(12-7)11-10(6-16)9(3)13-14(11)4/h5-6H,1-4H3. The molecule has 2 aromatic heterocycles. The van der Waals surface area contributed by atoms with Crippen LogP contribution in [-0.4, -0.2) is 25.8 Å². The number of hydrogen-bond donors (Lipinski definition) is 0. The van der Waals surface area contributed by atoms with Crippen LogP contribution in [0.5, 0.6) is 0 Å². The molecule has 0 aromatic carbocycles. The minimum absolute atomic E-state index is 0.591. The Bertz CT molecular complexity index is 551. The summed E-state index contributed by atoms with van der Waals surface area (Å²) in [5.74, 6) is 0.720. The predicted molar refractivity (Wildman–Crippen MR) is 59.9 cm³/mol. The molecule has 0 aliphatic rings. The fourth-order valence-corrected chi connectivity index (χ4v) is 1.89. The van der Waals surface area contributed by atoms with Crippen LogP contribution < -0.4 is 0 Å². The number of aryl methyl sites for hydroxylation is 4. The van der Waals surface area contributed by atoms with E-state index in [1.165, 1.54) is 0 Å². The molecule has 0 unspecified atom stereocenters. The zero-order valence-corrected chi connectivity index (χ0v) is 9.85. The third-order valence-electron chi connectivity index (χ3n) is 2.57. The van der Waals surface area contributed by atoms with E-state index < -0.39 is 0 Å². The van der Waals surface area contributed by atoms with Gasteiger partial charge in [-0.1, -0.05) is 0 Å². The maximum Gasteiger partial charge on any atom is 0.162 e. The number of hydrogen-bond acceptors (Lipinski definition) is 3. The van der Waals surface area contributed by atoms with Crippen molar-refractivity contribution in [2.24, 2.45) is 7.05 Å². The molecule has 2 aromatic rings. The summed E-state index contributed by atoms with van der Waals surface area (Å²) in [6.45, 7) is 5.70. The summed E-state index contributed by atoms with van der Waals surface area (Å²) in [5.41, 5.74) is 3.23. The van der Waals surface area contributed by atoms with Crippen molar-refractivity contribution in [1.82, 2.24) is 19.6 Å². The second kappa shape index (κ2) is 3.59. The van der Waals surface area contributed by atoms with Crippen molar-refractivity contribution in [3.63, 3.8) is 0 Å². The Kier molecular flexibility index (Phi) is 2.38. The largest absolute Gasteiger partial charge is 0.298 e. The lowest BCUT2D eigenvalue weighted by Crippen LogP contribution is -2.08. The van der Waals surface area contributed by atoms with Crippen LogP contribution in [0.15, 0.2) is 6.07 Å². The number of carbonyl (C=O) groups excluding carboxylic acids is 1. The minimum Gasteiger partial charge on any atom is -0.298 e. The quantitative estimate of drug-likeness (QED) is 0.715. The lowest BCUT2D eigenvalue weighted by molar-refractivity contribution is 0.112. The Balaban J connectivity index is 2.72. The maximum absolute atomic E-state index is 11.1. The molecule has 0 N–H and O–H groups in total. The van der Waals surface area contributed by atoms with Crippen molar-refractivity contribution < 1.29 is 4.79 Å². The molecule has 0 saturated carbocycles. The fourth-order valence-electron chi connectivity index (χ4n) is 1.89. The Morgan fingerprint density at radius 2 is 1.94 bits per heavy atom. The van der Waals surface area contributed by atoms with Crippen molar-refractivity contribution >= 4 is 6.29 Å². The lowest BCUT2D eigenvalue weighted by Gasteiger charge is -2.05. The molecule has 0 bridgehead atoms. The summed E-state index contributed by atoms with van der Waals surface area (Å²) in [6.07, 6.45) is 0.827. The number of rotatable bonds is 2. The van der Waals surface area contributed by atoms with Crippen LogP contribution in [0.1, 0.15) is 27.4 Å². The van der Waals surface area contributed by atoms with Crippen LogP contribution in [-0.2, 0) is 7.05 Å². The van der Waals surface area contributed by atoms with Gasteiger partial charge in [0, 0.05) is 12.7 Å². The van der Waals surface area contributed by atoms with Gasteiger partial charge in [0.25, 0.3) is 0 Å². The van der Waals surface area contributed by atoms with Gasteiger partial charge < -0.3 is 0 Å². The van der Waals surface area contributed by atoms with E-state index in [2.05, 4.69) is 10.2 Å². The molecule has 0 amide bonds. The van der Waals surface area contributed by atoms with Gasteiger partial charge in [-0.05, 0) is 26.8 Å². The molecule has 0 atom stereocenters. The van der Waals surface area contributed by atoms with Gasteiger partial charge >= 0.3 is 0 Å². The Labute approximate surface area is 93.7 Å². The van der Waals surface area contributed by atoms with Crippen LogP contribution in [0.25, 0.3) is 5.82 Å². The summed E-state index contributed by atoms with van der Waals surface area (Å²) in [5, 5.41) is 8.59. The van der Waals surface area contributed by atoms with Gasteiger partial charge in [0.2, 0.25) is 0 Å². The van der Waals surface area contributed by atoms with Crippen molar-refractivity contribution in [3.05, 3.63) is 28.7 Å². The average molecular weight is 218 g/mol. The summed E-state index contributed by atoms with van der Waals surface area (Å²) in [6, 6.07) is 1.97. The van der Waals surface area contributed by atoms with Crippen LogP contribution >= 0.6 is 0 Å². The number of aldehydes is 1. The Morgan fingerprint density at radius 1 is 1.25 bits per heavy atom. The van der Waals surface area contributed by atoms with Crippen molar-refractivity contribution in [2.75, 3.05) is 0 Å². The first-order valence-electron chi connectivity index (χ1n) is 5.07. The van der Waals surface area contributed by atoms with Crippen LogP contribution in [0.3, 0.4) is 0 Å². The molecule has 0 aliphatic carbocycles. The van der Waals surface area contributed by atoms with Gasteiger partial charge in [0.05, 0.1) is 17.0 Å². The summed E-state index contributed by atoms with van der Waals surface area (Å²) >= 11 is 0. The second-order valence-corrected chi connectivity index (χ2v) is 3.90. The topological polar surface area (TPSA) is 52.7 Å². The number of aromatic nitrogens is 4. The molecule has 5 nitrogen and oxygen atoms in total. The third kappa shape index (κ3) is 1.44. The summed E-state index contributed by atoms with van der Waals surface area (Å²) in [4.78, 5) is 11.1. The molecule has 84 valence electrons. The Morgan fingerprint density at radius 3 is 2.44 bits per heavy atom. The Hall–Kier alpha value is -1.91. The van der Waals surface area contributed by atoms with E-state index in [-0.39, 0.29) is 0 Å². The maximum atomic E-state index is 11.1. The van der Waals surface area contributed by atoms with Gasteiger partial charge in [-0.15, -0.1) is 0 Å². The van der Waals surface area contributed by atoms with E-state index in [1.54, 1.807) is 9.36 Å². The molecule has 16 heavy (non-hydrogen) atoms. The predicted octanol–water partition coefficient (Wildman–Crippen LogP) is 1.34. The van der Waals surface area contributed by atoms with Gasteiger partial charge in [-0.3, -0.25) is 9.48 Å². The van der Waals surface area contributed by atoms with E-state index in [9.17, 15) is 4.79 Å². The van der Waals surface area contributed by atoms with E-state index >= 15 is 0 Å². The van der Waals surface area contributed by atoms with Crippen LogP contribution in [0, 0.1) is 20.8 Å². The molecular weight excluding hydrogens is 204 g/mol. The molecule has 0 fully saturated rings. The zero-order valence-electron chi connectivity index (χ0n) is 9.85. The highest BCUT2D eigenvalue weighted by atomic mass is 16.1. The molecule has 2 rings (SSSR count).